The number of methoxy groups -OCH3 is 1. The molecule has 0 spiro atoms. The van der Waals surface area contributed by atoms with E-state index in [-0.39, 0.29) is 24.4 Å². The lowest BCUT2D eigenvalue weighted by atomic mass is 10.2. The molecule has 7 heteroatoms. The molecular formula is C20H23NO5S. The lowest BCUT2D eigenvalue weighted by Crippen LogP contribution is -2.35. The molecule has 2 unspecified atom stereocenters. The van der Waals surface area contributed by atoms with Crippen molar-refractivity contribution in [2.75, 3.05) is 26.8 Å². The van der Waals surface area contributed by atoms with Crippen LogP contribution < -0.4 is 9.47 Å². The summed E-state index contributed by atoms with van der Waals surface area (Å²) in [5.74, 6) is 1.13. The van der Waals surface area contributed by atoms with Crippen molar-refractivity contribution in [1.29, 1.82) is 0 Å². The zero-order valence-electron chi connectivity index (χ0n) is 15.2. The van der Waals surface area contributed by atoms with E-state index in [2.05, 4.69) is 0 Å². The molecule has 27 heavy (non-hydrogen) atoms. The van der Waals surface area contributed by atoms with Crippen LogP contribution in [0.2, 0.25) is 0 Å². The SMILES string of the molecule is COc1cccc([S+]([O-])C2CCN(C(=O)COc3ccc(CO)cc3)C2)c1. The van der Waals surface area contributed by atoms with Gasteiger partial charge in [-0.1, -0.05) is 18.2 Å². The number of hydrogen-bond donors (Lipinski definition) is 1. The van der Waals surface area contributed by atoms with Gasteiger partial charge in [-0.3, -0.25) is 4.79 Å². The summed E-state index contributed by atoms with van der Waals surface area (Å²) in [5.41, 5.74) is 0.788. The van der Waals surface area contributed by atoms with E-state index in [0.717, 1.165) is 5.56 Å². The Morgan fingerprint density at radius 3 is 2.74 bits per heavy atom. The Kier molecular flexibility index (Phi) is 6.60. The Bertz CT molecular complexity index is 767. The maximum atomic E-state index is 12.8. The third-order valence-electron chi connectivity index (χ3n) is 4.54. The molecule has 0 aliphatic carbocycles. The largest absolute Gasteiger partial charge is 0.611 e. The van der Waals surface area contributed by atoms with Crippen molar-refractivity contribution < 1.29 is 23.9 Å². The molecule has 2 atom stereocenters. The van der Waals surface area contributed by atoms with E-state index in [4.69, 9.17) is 14.6 Å². The van der Waals surface area contributed by atoms with Crippen LogP contribution >= 0.6 is 0 Å². The minimum absolute atomic E-state index is 0.0290. The van der Waals surface area contributed by atoms with E-state index >= 15 is 0 Å². The molecule has 1 heterocycles. The molecule has 1 aliphatic heterocycles. The molecule has 2 aromatic rings. The number of amides is 1. The van der Waals surface area contributed by atoms with Gasteiger partial charge in [-0.05, 0) is 41.0 Å². The topological polar surface area (TPSA) is 82.1 Å². The number of carbonyl (C=O) groups is 1. The first kappa shape index (κ1) is 19.5. The maximum absolute atomic E-state index is 12.8. The predicted molar refractivity (Wildman–Crippen MR) is 102 cm³/mol. The highest BCUT2D eigenvalue weighted by molar-refractivity contribution is 7.92. The van der Waals surface area contributed by atoms with Crippen LogP contribution in [0.15, 0.2) is 53.4 Å². The number of rotatable bonds is 7. The number of aliphatic hydroxyl groups is 1. The smallest absolute Gasteiger partial charge is 0.260 e. The van der Waals surface area contributed by atoms with Crippen LogP contribution in [0.25, 0.3) is 0 Å². The normalized spacial score (nSPS) is 17.6. The van der Waals surface area contributed by atoms with Crippen LogP contribution in [-0.4, -0.2) is 52.5 Å². The van der Waals surface area contributed by atoms with Gasteiger partial charge in [0.15, 0.2) is 11.5 Å². The van der Waals surface area contributed by atoms with Gasteiger partial charge < -0.3 is 24.0 Å². The van der Waals surface area contributed by atoms with Crippen LogP contribution in [0.1, 0.15) is 12.0 Å². The van der Waals surface area contributed by atoms with Gasteiger partial charge in [-0.2, -0.15) is 0 Å². The highest BCUT2D eigenvalue weighted by Crippen LogP contribution is 2.26. The summed E-state index contributed by atoms with van der Waals surface area (Å²) in [6, 6.07) is 14.2. The summed E-state index contributed by atoms with van der Waals surface area (Å²) in [4.78, 5) is 14.8. The van der Waals surface area contributed by atoms with Crippen LogP contribution in [-0.2, 0) is 22.6 Å². The van der Waals surface area contributed by atoms with Gasteiger partial charge >= 0.3 is 0 Å². The van der Waals surface area contributed by atoms with E-state index in [9.17, 15) is 9.35 Å². The van der Waals surface area contributed by atoms with Crippen LogP contribution in [0, 0.1) is 0 Å². The molecule has 1 amide bonds. The molecular weight excluding hydrogens is 366 g/mol. The van der Waals surface area contributed by atoms with Crippen LogP contribution in [0.4, 0.5) is 0 Å². The van der Waals surface area contributed by atoms with Gasteiger partial charge in [0.1, 0.15) is 16.7 Å². The first-order valence-electron chi connectivity index (χ1n) is 8.75. The monoisotopic (exact) mass is 389 g/mol. The molecule has 144 valence electrons. The van der Waals surface area contributed by atoms with E-state index < -0.39 is 11.2 Å². The molecule has 0 saturated carbocycles. The highest BCUT2D eigenvalue weighted by Gasteiger charge is 2.35. The van der Waals surface area contributed by atoms with Crippen molar-refractivity contribution in [3.05, 3.63) is 54.1 Å². The van der Waals surface area contributed by atoms with Gasteiger partial charge in [0.05, 0.1) is 20.3 Å². The second-order valence-electron chi connectivity index (χ2n) is 6.32. The standard InChI is InChI=1S/C20H23NO5S/c1-25-17-3-2-4-18(11-17)27(24)19-9-10-21(12-19)20(23)14-26-16-7-5-15(13-22)6-8-16/h2-8,11,19,22H,9-10,12-14H2,1H3. The molecule has 2 aromatic carbocycles. The number of aliphatic hydroxyl groups excluding tert-OH is 1. The first-order chi connectivity index (χ1) is 13.1. The number of ether oxygens (including phenoxy) is 2. The van der Waals surface area contributed by atoms with E-state index in [1.54, 1.807) is 42.3 Å². The number of nitrogens with zero attached hydrogens (tertiary/aromatic N) is 1. The quantitative estimate of drug-likeness (QED) is 0.732. The summed E-state index contributed by atoms with van der Waals surface area (Å²) >= 11 is -1.19. The van der Waals surface area contributed by atoms with Gasteiger partial charge in [0, 0.05) is 19.0 Å². The van der Waals surface area contributed by atoms with Gasteiger partial charge in [0.25, 0.3) is 5.91 Å². The predicted octanol–water partition coefficient (Wildman–Crippen LogP) is 1.98. The fourth-order valence-corrected chi connectivity index (χ4v) is 4.44. The van der Waals surface area contributed by atoms with Crippen LogP contribution in [0.3, 0.4) is 0 Å². The minimum Gasteiger partial charge on any atom is -0.611 e. The Morgan fingerprint density at radius 2 is 2.04 bits per heavy atom. The highest BCUT2D eigenvalue weighted by atomic mass is 32.2. The maximum Gasteiger partial charge on any atom is 0.260 e. The number of benzene rings is 2. The number of hydrogen-bond acceptors (Lipinski definition) is 5. The second kappa shape index (κ2) is 9.12. The third kappa shape index (κ3) is 4.94. The van der Waals surface area contributed by atoms with Crippen molar-refractivity contribution in [1.82, 2.24) is 4.90 Å². The molecule has 1 saturated heterocycles. The summed E-state index contributed by atoms with van der Waals surface area (Å²) in [7, 11) is 1.58. The van der Waals surface area contributed by atoms with Crippen molar-refractivity contribution in [3.63, 3.8) is 0 Å². The third-order valence-corrected chi connectivity index (χ3v) is 6.25. The molecule has 1 aliphatic rings. The zero-order chi connectivity index (χ0) is 19.2. The zero-order valence-corrected chi connectivity index (χ0v) is 16.0. The van der Waals surface area contributed by atoms with E-state index in [1.807, 2.05) is 18.2 Å². The second-order valence-corrected chi connectivity index (χ2v) is 8.05. The summed E-state index contributed by atoms with van der Waals surface area (Å²) in [6.07, 6.45) is 0.695. The van der Waals surface area contributed by atoms with Crippen molar-refractivity contribution in [2.24, 2.45) is 0 Å². The first-order valence-corrected chi connectivity index (χ1v) is 9.97. The number of carbonyl (C=O) groups excluding carboxylic acids is 1. The summed E-state index contributed by atoms with van der Waals surface area (Å²) in [6.45, 7) is 0.942. The van der Waals surface area contributed by atoms with Crippen molar-refractivity contribution in [2.45, 2.75) is 23.2 Å². The fourth-order valence-electron chi connectivity index (χ4n) is 2.98. The average molecular weight is 389 g/mol. The van der Waals surface area contributed by atoms with Crippen molar-refractivity contribution in [3.8, 4) is 11.5 Å². The number of likely N-dealkylation sites (tertiary alicyclic amines) is 1. The molecule has 6 nitrogen and oxygen atoms in total. The Hall–Kier alpha value is -2.22. The van der Waals surface area contributed by atoms with Gasteiger partial charge in [-0.15, -0.1) is 0 Å². The average Bonchev–Trinajstić information content (AvgIpc) is 3.22. The van der Waals surface area contributed by atoms with Gasteiger partial charge in [0.2, 0.25) is 0 Å². The van der Waals surface area contributed by atoms with Crippen LogP contribution in [0.5, 0.6) is 11.5 Å². The molecule has 0 bridgehead atoms. The Morgan fingerprint density at radius 1 is 1.26 bits per heavy atom. The molecule has 1 N–H and O–H groups in total. The minimum atomic E-state index is -1.19. The fraction of sp³-hybridized carbons (Fsp3) is 0.350. The van der Waals surface area contributed by atoms with Gasteiger partial charge in [-0.25, -0.2) is 0 Å². The molecule has 1 fully saturated rings. The Balaban J connectivity index is 1.52. The van der Waals surface area contributed by atoms with E-state index in [1.165, 1.54) is 0 Å². The summed E-state index contributed by atoms with van der Waals surface area (Å²) in [5, 5.41) is 8.95. The van der Waals surface area contributed by atoms with Crippen molar-refractivity contribution >= 4 is 17.1 Å². The molecule has 3 rings (SSSR count). The molecule has 0 aromatic heterocycles. The lowest BCUT2D eigenvalue weighted by molar-refractivity contribution is -0.132. The molecule has 0 radical (unpaired) electrons. The Labute approximate surface area is 161 Å². The van der Waals surface area contributed by atoms with E-state index in [0.29, 0.717) is 35.9 Å². The summed E-state index contributed by atoms with van der Waals surface area (Å²) < 4.78 is 23.5. The lowest BCUT2D eigenvalue weighted by Gasteiger charge is -2.19.